The number of carbonyl (C=O) groups is 1. The van der Waals surface area contributed by atoms with E-state index in [2.05, 4.69) is 10.0 Å². The van der Waals surface area contributed by atoms with Crippen molar-refractivity contribution in [3.8, 4) is 0 Å². The number of anilines is 2. The van der Waals surface area contributed by atoms with Crippen LogP contribution in [0, 0.1) is 6.92 Å². The van der Waals surface area contributed by atoms with Crippen molar-refractivity contribution in [3.05, 3.63) is 53.6 Å². The van der Waals surface area contributed by atoms with Crippen molar-refractivity contribution in [2.24, 2.45) is 0 Å². The van der Waals surface area contributed by atoms with Crippen LogP contribution in [0.1, 0.15) is 36.7 Å². The molecule has 0 aliphatic carbocycles. The standard InChI is InChI=1S/C18H23N3O3S/c1-12-15(20-17(22)13-7-5-8-14(19)11-13)9-6-10-16(12)25(23,24)21-18(2,3)4/h5-11,21H,19H2,1-4H3,(H,20,22). The molecular weight excluding hydrogens is 338 g/mol. The Morgan fingerprint density at radius 2 is 1.72 bits per heavy atom. The molecule has 7 heteroatoms. The Bertz CT molecular complexity index is 900. The molecule has 0 spiro atoms. The molecule has 0 heterocycles. The summed E-state index contributed by atoms with van der Waals surface area (Å²) < 4.78 is 27.8. The Kier molecular flexibility index (Phi) is 5.20. The van der Waals surface area contributed by atoms with Gasteiger partial charge in [0.1, 0.15) is 0 Å². The van der Waals surface area contributed by atoms with Crippen molar-refractivity contribution in [1.82, 2.24) is 4.72 Å². The highest BCUT2D eigenvalue weighted by molar-refractivity contribution is 7.89. The van der Waals surface area contributed by atoms with E-state index in [1.165, 1.54) is 6.07 Å². The van der Waals surface area contributed by atoms with Crippen LogP contribution < -0.4 is 15.8 Å². The first-order chi connectivity index (χ1) is 11.5. The van der Waals surface area contributed by atoms with E-state index < -0.39 is 15.6 Å². The van der Waals surface area contributed by atoms with E-state index >= 15 is 0 Å². The Hall–Kier alpha value is -2.38. The first-order valence-corrected chi connectivity index (χ1v) is 9.28. The number of nitrogens with two attached hydrogens (primary N) is 1. The molecule has 0 unspecified atom stereocenters. The number of carbonyl (C=O) groups excluding carboxylic acids is 1. The average molecular weight is 361 g/mol. The third-order valence-corrected chi connectivity index (χ3v) is 5.31. The maximum absolute atomic E-state index is 12.6. The summed E-state index contributed by atoms with van der Waals surface area (Å²) in [4.78, 5) is 12.5. The van der Waals surface area contributed by atoms with Crippen molar-refractivity contribution in [2.45, 2.75) is 38.1 Å². The molecule has 6 nitrogen and oxygen atoms in total. The molecule has 0 aliphatic heterocycles. The van der Waals surface area contributed by atoms with Crippen LogP contribution >= 0.6 is 0 Å². The predicted octanol–water partition coefficient (Wildman–Crippen LogP) is 2.91. The molecule has 2 aromatic rings. The maximum Gasteiger partial charge on any atom is 0.255 e. The summed E-state index contributed by atoms with van der Waals surface area (Å²) in [6.07, 6.45) is 0. The average Bonchev–Trinajstić information content (AvgIpc) is 2.46. The molecule has 1 amide bonds. The minimum Gasteiger partial charge on any atom is -0.399 e. The smallest absolute Gasteiger partial charge is 0.255 e. The van der Waals surface area contributed by atoms with E-state index in [4.69, 9.17) is 5.73 Å². The maximum atomic E-state index is 12.6. The van der Waals surface area contributed by atoms with E-state index in [9.17, 15) is 13.2 Å². The summed E-state index contributed by atoms with van der Waals surface area (Å²) >= 11 is 0. The summed E-state index contributed by atoms with van der Waals surface area (Å²) in [5, 5.41) is 2.74. The molecule has 0 aliphatic rings. The van der Waals surface area contributed by atoms with Crippen molar-refractivity contribution < 1.29 is 13.2 Å². The van der Waals surface area contributed by atoms with Gasteiger partial charge in [0.05, 0.1) is 4.90 Å². The van der Waals surface area contributed by atoms with E-state index in [0.717, 1.165) is 0 Å². The fourth-order valence-corrected chi connectivity index (χ4v) is 4.06. The number of hydrogen-bond donors (Lipinski definition) is 3. The summed E-state index contributed by atoms with van der Waals surface area (Å²) in [5.41, 5.74) is 6.88. The lowest BCUT2D eigenvalue weighted by atomic mass is 10.1. The molecule has 0 saturated heterocycles. The van der Waals surface area contributed by atoms with Gasteiger partial charge in [0.2, 0.25) is 10.0 Å². The van der Waals surface area contributed by atoms with Gasteiger partial charge in [-0.15, -0.1) is 0 Å². The van der Waals surface area contributed by atoms with E-state index in [1.807, 2.05) is 0 Å². The molecule has 134 valence electrons. The summed E-state index contributed by atoms with van der Waals surface area (Å²) in [7, 11) is -3.70. The normalized spacial score (nSPS) is 12.0. The molecule has 25 heavy (non-hydrogen) atoms. The highest BCUT2D eigenvalue weighted by atomic mass is 32.2. The van der Waals surface area contributed by atoms with Crippen LogP contribution in [0.25, 0.3) is 0 Å². The minimum absolute atomic E-state index is 0.132. The number of rotatable bonds is 4. The lowest BCUT2D eigenvalue weighted by Crippen LogP contribution is -2.40. The number of benzene rings is 2. The second kappa shape index (κ2) is 6.85. The van der Waals surface area contributed by atoms with Crippen molar-refractivity contribution in [1.29, 1.82) is 0 Å². The van der Waals surface area contributed by atoms with Gasteiger partial charge in [-0.1, -0.05) is 12.1 Å². The number of amides is 1. The molecule has 0 atom stereocenters. The quantitative estimate of drug-likeness (QED) is 0.729. The van der Waals surface area contributed by atoms with Crippen molar-refractivity contribution in [3.63, 3.8) is 0 Å². The van der Waals surface area contributed by atoms with Crippen molar-refractivity contribution in [2.75, 3.05) is 11.1 Å². The molecule has 4 N–H and O–H groups in total. The fourth-order valence-electron chi connectivity index (χ4n) is 2.37. The van der Waals surface area contributed by atoms with Crippen LogP contribution in [-0.2, 0) is 10.0 Å². The SMILES string of the molecule is Cc1c(NC(=O)c2cccc(N)c2)cccc1S(=O)(=O)NC(C)(C)C. The van der Waals surface area contributed by atoms with Gasteiger partial charge >= 0.3 is 0 Å². The first-order valence-electron chi connectivity index (χ1n) is 7.80. The molecule has 0 fully saturated rings. The summed E-state index contributed by atoms with van der Waals surface area (Å²) in [6.45, 7) is 6.97. The molecule has 0 aromatic heterocycles. The molecule has 2 rings (SSSR count). The topological polar surface area (TPSA) is 101 Å². The fraction of sp³-hybridized carbons (Fsp3) is 0.278. The van der Waals surface area contributed by atoms with Gasteiger partial charge in [-0.05, 0) is 63.6 Å². The number of nitrogen functional groups attached to an aromatic ring is 1. The zero-order chi connectivity index (χ0) is 18.8. The Morgan fingerprint density at radius 3 is 2.32 bits per heavy atom. The lowest BCUT2D eigenvalue weighted by Gasteiger charge is -2.22. The molecule has 0 saturated carbocycles. The van der Waals surface area contributed by atoms with Crippen LogP contribution in [-0.4, -0.2) is 19.9 Å². The summed E-state index contributed by atoms with van der Waals surface area (Å²) in [6, 6.07) is 11.3. The number of sulfonamides is 1. The van der Waals surface area contributed by atoms with Gasteiger partial charge in [-0.25, -0.2) is 13.1 Å². The van der Waals surface area contributed by atoms with Gasteiger partial charge in [0.15, 0.2) is 0 Å². The highest BCUT2D eigenvalue weighted by Crippen LogP contribution is 2.24. The third-order valence-electron chi connectivity index (χ3n) is 3.41. The Balaban J connectivity index is 2.34. The van der Waals surface area contributed by atoms with E-state index in [0.29, 0.717) is 22.5 Å². The van der Waals surface area contributed by atoms with Crippen LogP contribution in [0.15, 0.2) is 47.4 Å². The van der Waals surface area contributed by atoms with Gasteiger partial charge in [0, 0.05) is 22.5 Å². The van der Waals surface area contributed by atoms with Gasteiger partial charge in [0.25, 0.3) is 5.91 Å². The van der Waals surface area contributed by atoms with Gasteiger partial charge in [-0.3, -0.25) is 4.79 Å². The first kappa shape index (κ1) is 19.0. The van der Waals surface area contributed by atoms with Crippen LogP contribution in [0.5, 0.6) is 0 Å². The van der Waals surface area contributed by atoms with Gasteiger partial charge < -0.3 is 11.1 Å². The largest absolute Gasteiger partial charge is 0.399 e. The molecular formula is C18H23N3O3S. The second-order valence-electron chi connectivity index (χ2n) is 6.86. The second-order valence-corrected chi connectivity index (χ2v) is 8.51. The van der Waals surface area contributed by atoms with E-state index in [1.54, 1.807) is 64.1 Å². The zero-order valence-electron chi connectivity index (χ0n) is 14.8. The lowest BCUT2D eigenvalue weighted by molar-refractivity contribution is 0.102. The van der Waals surface area contributed by atoms with E-state index in [-0.39, 0.29) is 10.8 Å². The van der Waals surface area contributed by atoms with Gasteiger partial charge in [-0.2, -0.15) is 0 Å². The Labute approximate surface area is 148 Å². The minimum atomic E-state index is -3.70. The molecule has 0 radical (unpaired) electrons. The Morgan fingerprint density at radius 1 is 1.08 bits per heavy atom. The third kappa shape index (κ3) is 4.80. The van der Waals surface area contributed by atoms with Crippen LogP contribution in [0.3, 0.4) is 0 Å². The highest BCUT2D eigenvalue weighted by Gasteiger charge is 2.24. The number of nitrogens with one attached hydrogen (secondary N) is 2. The molecule has 2 aromatic carbocycles. The van der Waals surface area contributed by atoms with Crippen molar-refractivity contribution >= 4 is 27.3 Å². The monoisotopic (exact) mass is 361 g/mol. The predicted molar refractivity (Wildman–Crippen MR) is 100 cm³/mol. The molecule has 0 bridgehead atoms. The number of hydrogen-bond acceptors (Lipinski definition) is 4. The van der Waals surface area contributed by atoms with Crippen LogP contribution in [0.2, 0.25) is 0 Å². The van der Waals surface area contributed by atoms with Crippen LogP contribution in [0.4, 0.5) is 11.4 Å². The zero-order valence-corrected chi connectivity index (χ0v) is 15.6. The summed E-state index contributed by atoms with van der Waals surface area (Å²) in [5.74, 6) is -0.353.